The van der Waals surface area contributed by atoms with Crippen molar-refractivity contribution < 1.29 is 9.53 Å². The summed E-state index contributed by atoms with van der Waals surface area (Å²) in [6.45, 7) is 4.44. The lowest BCUT2D eigenvalue weighted by Crippen LogP contribution is -2.56. The Morgan fingerprint density at radius 2 is 2.06 bits per heavy atom. The van der Waals surface area contributed by atoms with E-state index in [1.54, 1.807) is 13.3 Å². The molecule has 3 heterocycles. The summed E-state index contributed by atoms with van der Waals surface area (Å²) < 4.78 is 5.12. The normalized spacial score (nSPS) is 20.6. The van der Waals surface area contributed by atoms with Gasteiger partial charge < -0.3 is 14.5 Å². The number of piperazine rings is 1. The first kappa shape index (κ1) is 21.8. The molecule has 172 valence electrons. The Morgan fingerprint density at radius 3 is 2.73 bits per heavy atom. The quantitative estimate of drug-likeness (QED) is 0.645. The number of rotatable bonds is 7. The SMILES string of the molecule is COCCC(=O)N1CCN(c2nc(C3CC3)c(-c3cnnc(C)c3)cc2C#N)C[C@H]1C1CC1. The maximum absolute atomic E-state index is 12.8. The number of anilines is 1. The number of methoxy groups -OCH3 is 1. The van der Waals surface area contributed by atoms with Crippen molar-refractivity contribution in [3.63, 3.8) is 0 Å². The van der Waals surface area contributed by atoms with Crippen molar-refractivity contribution in [3.05, 3.63) is 35.3 Å². The fourth-order valence-corrected chi connectivity index (χ4v) is 4.89. The lowest BCUT2D eigenvalue weighted by atomic mass is 9.99. The summed E-state index contributed by atoms with van der Waals surface area (Å²) in [5, 5.41) is 18.2. The van der Waals surface area contributed by atoms with E-state index in [-0.39, 0.29) is 11.9 Å². The Labute approximate surface area is 194 Å². The number of aromatic nitrogens is 3. The van der Waals surface area contributed by atoms with Crippen molar-refractivity contribution in [1.29, 1.82) is 5.26 Å². The molecule has 1 saturated heterocycles. The van der Waals surface area contributed by atoms with Crippen LogP contribution in [0, 0.1) is 24.2 Å². The van der Waals surface area contributed by atoms with Crippen LogP contribution in [-0.2, 0) is 9.53 Å². The van der Waals surface area contributed by atoms with Gasteiger partial charge in [-0.05, 0) is 50.7 Å². The first-order valence-corrected chi connectivity index (χ1v) is 11.9. The van der Waals surface area contributed by atoms with Crippen LogP contribution in [-0.4, -0.2) is 65.4 Å². The van der Waals surface area contributed by atoms with Gasteiger partial charge in [0.1, 0.15) is 11.9 Å². The molecular weight excluding hydrogens is 416 g/mol. The molecule has 2 saturated carbocycles. The number of amides is 1. The number of nitrogens with zero attached hydrogens (tertiary/aromatic N) is 6. The van der Waals surface area contributed by atoms with Crippen LogP contribution in [0.4, 0.5) is 5.82 Å². The van der Waals surface area contributed by atoms with Crippen molar-refractivity contribution in [2.45, 2.75) is 51.0 Å². The molecule has 0 radical (unpaired) electrons. The van der Waals surface area contributed by atoms with Crippen molar-refractivity contribution in [3.8, 4) is 17.2 Å². The number of carbonyl (C=O) groups is 1. The summed E-state index contributed by atoms with van der Waals surface area (Å²) in [5.41, 5.74) is 4.43. The smallest absolute Gasteiger partial charge is 0.225 e. The molecule has 0 spiro atoms. The number of hydrogen-bond acceptors (Lipinski definition) is 7. The minimum absolute atomic E-state index is 0.163. The zero-order valence-corrected chi connectivity index (χ0v) is 19.3. The average molecular weight is 447 g/mol. The van der Waals surface area contributed by atoms with Crippen molar-refractivity contribution >= 4 is 11.7 Å². The molecule has 1 amide bonds. The van der Waals surface area contributed by atoms with Crippen molar-refractivity contribution in [1.82, 2.24) is 20.1 Å². The van der Waals surface area contributed by atoms with E-state index in [2.05, 4.69) is 21.2 Å². The van der Waals surface area contributed by atoms with E-state index in [9.17, 15) is 10.1 Å². The summed E-state index contributed by atoms with van der Waals surface area (Å²) in [6.07, 6.45) is 6.73. The largest absolute Gasteiger partial charge is 0.384 e. The highest BCUT2D eigenvalue weighted by molar-refractivity contribution is 5.77. The fraction of sp³-hybridized carbons (Fsp3) is 0.560. The standard InChI is InChI=1S/C25H30N6O2/c1-16-11-20(14-27-29-16)21-12-19(13-26)25(28-24(21)18-5-6-18)30-8-9-31(23(32)7-10-33-2)22(15-30)17-3-4-17/h11-12,14,17-18,22H,3-10,15H2,1-2H3/t22-/m0/s1. The maximum Gasteiger partial charge on any atom is 0.225 e. The van der Waals surface area contributed by atoms with Gasteiger partial charge in [0, 0.05) is 43.8 Å². The molecule has 0 aromatic carbocycles. The number of pyridine rings is 1. The van der Waals surface area contributed by atoms with Gasteiger partial charge in [-0.1, -0.05) is 0 Å². The fourth-order valence-electron chi connectivity index (χ4n) is 4.89. The lowest BCUT2D eigenvalue weighted by molar-refractivity contribution is -0.135. The molecule has 0 N–H and O–H groups in total. The lowest BCUT2D eigenvalue weighted by Gasteiger charge is -2.42. The van der Waals surface area contributed by atoms with Crippen LogP contribution in [0.15, 0.2) is 18.3 Å². The van der Waals surface area contributed by atoms with Crippen LogP contribution < -0.4 is 4.90 Å². The minimum atomic E-state index is 0.163. The van der Waals surface area contributed by atoms with Gasteiger partial charge in [0.15, 0.2) is 0 Å². The number of aryl methyl sites for hydroxylation is 1. The highest BCUT2D eigenvalue weighted by atomic mass is 16.5. The van der Waals surface area contributed by atoms with Gasteiger partial charge in [-0.2, -0.15) is 15.5 Å². The molecule has 5 rings (SSSR count). The van der Waals surface area contributed by atoms with Crippen LogP contribution in [0.25, 0.3) is 11.1 Å². The van der Waals surface area contributed by atoms with E-state index >= 15 is 0 Å². The maximum atomic E-state index is 12.8. The van der Waals surface area contributed by atoms with Crippen LogP contribution in [0.5, 0.6) is 0 Å². The van der Waals surface area contributed by atoms with E-state index < -0.39 is 0 Å². The second-order valence-electron chi connectivity index (χ2n) is 9.44. The van der Waals surface area contributed by atoms with Crippen LogP contribution in [0.2, 0.25) is 0 Å². The molecule has 8 heteroatoms. The van der Waals surface area contributed by atoms with Gasteiger partial charge >= 0.3 is 0 Å². The molecule has 0 bridgehead atoms. The zero-order chi connectivity index (χ0) is 22.9. The molecule has 3 fully saturated rings. The Balaban J connectivity index is 1.46. The van der Waals surface area contributed by atoms with Gasteiger partial charge in [0.05, 0.1) is 42.2 Å². The first-order chi connectivity index (χ1) is 16.1. The Bertz CT molecular complexity index is 1090. The second-order valence-corrected chi connectivity index (χ2v) is 9.44. The summed E-state index contributed by atoms with van der Waals surface area (Å²) >= 11 is 0. The molecule has 0 unspecified atom stereocenters. The third-order valence-electron chi connectivity index (χ3n) is 6.93. The predicted octanol–water partition coefficient (Wildman–Crippen LogP) is 3.06. The molecule has 1 aliphatic heterocycles. The average Bonchev–Trinajstić information content (AvgIpc) is 3.74. The second kappa shape index (κ2) is 9.06. The van der Waals surface area contributed by atoms with Crippen LogP contribution in [0.3, 0.4) is 0 Å². The number of carbonyl (C=O) groups excluding carboxylic acids is 1. The van der Waals surface area contributed by atoms with Gasteiger partial charge in [-0.15, -0.1) is 0 Å². The van der Waals surface area contributed by atoms with Crippen LogP contribution >= 0.6 is 0 Å². The van der Waals surface area contributed by atoms with Gasteiger partial charge in [0.2, 0.25) is 5.91 Å². The summed E-state index contributed by atoms with van der Waals surface area (Å²) in [6, 6.07) is 6.55. The molecule has 2 aromatic heterocycles. The highest BCUT2D eigenvalue weighted by Gasteiger charge is 2.41. The monoisotopic (exact) mass is 446 g/mol. The summed E-state index contributed by atoms with van der Waals surface area (Å²) in [5.74, 6) is 1.89. The topological polar surface area (TPSA) is 95.2 Å². The van der Waals surface area contributed by atoms with Gasteiger partial charge in [-0.3, -0.25) is 4.79 Å². The molecule has 2 aromatic rings. The molecule has 2 aliphatic carbocycles. The zero-order valence-electron chi connectivity index (χ0n) is 19.3. The minimum Gasteiger partial charge on any atom is -0.384 e. The van der Waals surface area contributed by atoms with Crippen LogP contribution in [0.1, 0.15) is 55.0 Å². The van der Waals surface area contributed by atoms with E-state index in [0.29, 0.717) is 43.5 Å². The Morgan fingerprint density at radius 1 is 1.24 bits per heavy atom. The van der Waals surface area contributed by atoms with Gasteiger partial charge in [-0.25, -0.2) is 4.98 Å². The van der Waals surface area contributed by atoms with E-state index in [1.807, 2.05) is 24.0 Å². The third-order valence-corrected chi connectivity index (χ3v) is 6.93. The molecule has 8 nitrogen and oxygen atoms in total. The Hall–Kier alpha value is -3.05. The van der Waals surface area contributed by atoms with E-state index in [1.165, 1.54) is 0 Å². The van der Waals surface area contributed by atoms with Crippen molar-refractivity contribution in [2.24, 2.45) is 5.92 Å². The number of nitriles is 1. The Kier molecular flexibility index (Phi) is 5.98. The van der Waals surface area contributed by atoms with E-state index in [0.717, 1.165) is 60.6 Å². The summed E-state index contributed by atoms with van der Waals surface area (Å²) in [4.78, 5) is 22.2. The predicted molar refractivity (Wildman–Crippen MR) is 124 cm³/mol. The summed E-state index contributed by atoms with van der Waals surface area (Å²) in [7, 11) is 1.63. The number of ether oxygens (including phenoxy) is 1. The highest BCUT2D eigenvalue weighted by Crippen LogP contribution is 2.45. The van der Waals surface area contributed by atoms with Crippen molar-refractivity contribution in [2.75, 3.05) is 38.3 Å². The molecule has 33 heavy (non-hydrogen) atoms. The molecule has 1 atom stereocenters. The molecule has 3 aliphatic rings. The first-order valence-electron chi connectivity index (χ1n) is 11.9. The van der Waals surface area contributed by atoms with E-state index in [4.69, 9.17) is 9.72 Å². The van der Waals surface area contributed by atoms with Gasteiger partial charge in [0.25, 0.3) is 0 Å². The third kappa shape index (κ3) is 4.55. The molecular formula is C25H30N6O2. The number of hydrogen-bond donors (Lipinski definition) is 0.